The van der Waals surface area contributed by atoms with Crippen LogP contribution in [0.4, 0.5) is 0 Å². The number of hydrogen-bond acceptors (Lipinski definition) is 6. The number of pyridine rings is 2. The molecule has 0 saturated heterocycles. The third kappa shape index (κ3) is 3.49. The van der Waals surface area contributed by atoms with Crippen molar-refractivity contribution < 1.29 is 28.3 Å². The molecule has 8 nitrogen and oxygen atoms in total. The third-order valence-corrected chi connectivity index (χ3v) is 6.61. The number of benzene rings is 2. The molecule has 0 saturated carbocycles. The number of nitrogens with one attached hydrogen (secondary N) is 1. The lowest BCUT2D eigenvalue weighted by molar-refractivity contribution is -0.686. The molecular weight excluding hydrogens is 446 g/mol. The summed E-state index contributed by atoms with van der Waals surface area (Å²) < 4.78 is 24.8. The van der Waals surface area contributed by atoms with Gasteiger partial charge in [-0.15, -0.1) is 0 Å². The summed E-state index contributed by atoms with van der Waals surface area (Å²) in [4.78, 5) is 16.9. The summed E-state index contributed by atoms with van der Waals surface area (Å²) >= 11 is 0. The maximum atomic E-state index is 12.9. The van der Waals surface area contributed by atoms with Gasteiger partial charge in [-0.1, -0.05) is 0 Å². The van der Waals surface area contributed by atoms with E-state index in [-0.39, 0.29) is 12.7 Å². The Labute approximate surface area is 202 Å². The van der Waals surface area contributed by atoms with E-state index in [1.807, 2.05) is 18.2 Å². The van der Waals surface area contributed by atoms with Crippen molar-refractivity contribution in [2.75, 3.05) is 21.0 Å². The van der Waals surface area contributed by atoms with Crippen LogP contribution in [0, 0.1) is 0 Å². The molecule has 0 fully saturated rings. The highest BCUT2D eigenvalue weighted by atomic mass is 16.7. The van der Waals surface area contributed by atoms with Crippen molar-refractivity contribution in [2.45, 2.75) is 19.5 Å². The zero-order valence-corrected chi connectivity index (χ0v) is 19.5. The highest BCUT2D eigenvalue weighted by molar-refractivity contribution is 5.97. The molecule has 2 aliphatic heterocycles. The number of methoxy groups -OCH3 is 2. The smallest absolute Gasteiger partial charge is 0.251 e. The molecule has 35 heavy (non-hydrogen) atoms. The summed E-state index contributed by atoms with van der Waals surface area (Å²) in [6.07, 6.45) is 6.18. The second-order valence-electron chi connectivity index (χ2n) is 8.44. The minimum absolute atomic E-state index is 0.162. The van der Waals surface area contributed by atoms with Gasteiger partial charge in [0.25, 0.3) is 5.91 Å². The summed E-state index contributed by atoms with van der Waals surface area (Å²) in [5, 5.41) is 5.00. The molecule has 6 rings (SSSR count). The predicted molar refractivity (Wildman–Crippen MR) is 128 cm³/mol. The maximum Gasteiger partial charge on any atom is 0.251 e. The minimum Gasteiger partial charge on any atom is -0.493 e. The number of aryl methyl sites for hydroxylation is 2. The lowest BCUT2D eigenvalue weighted by atomic mass is 9.91. The standard InChI is InChI=1S/C27H23N3O5/c1-32-22-4-3-18-20(13-29-27(31)16-5-8-28-9-6-16)25-19-12-24-23(34-15-35-24)11-17(19)7-10-30(25)14-21(18)26(22)33-2/h3-6,8-9,11-12,14H,7,10,13,15H2,1-2H3/p+1. The monoisotopic (exact) mass is 470 g/mol. The van der Waals surface area contributed by atoms with Crippen molar-refractivity contribution in [3.63, 3.8) is 0 Å². The van der Waals surface area contributed by atoms with Crippen molar-refractivity contribution in [1.82, 2.24) is 10.3 Å². The Morgan fingerprint density at radius 1 is 1.06 bits per heavy atom. The van der Waals surface area contributed by atoms with Crippen LogP contribution in [-0.4, -0.2) is 31.9 Å². The van der Waals surface area contributed by atoms with Gasteiger partial charge in [-0.2, -0.15) is 4.57 Å². The molecule has 0 spiro atoms. The molecule has 0 bridgehead atoms. The van der Waals surface area contributed by atoms with Crippen LogP contribution in [0.15, 0.2) is 55.0 Å². The summed E-state index contributed by atoms with van der Waals surface area (Å²) in [5.41, 5.74) is 4.86. The first-order valence-electron chi connectivity index (χ1n) is 11.4. The molecule has 176 valence electrons. The Kier molecular flexibility index (Phi) is 5.13. The quantitative estimate of drug-likeness (QED) is 0.450. The van der Waals surface area contributed by atoms with Gasteiger partial charge in [-0.05, 0) is 42.0 Å². The van der Waals surface area contributed by atoms with E-state index < -0.39 is 0 Å². The number of carbonyl (C=O) groups excluding carboxylic acids is 1. The van der Waals surface area contributed by atoms with E-state index in [1.165, 1.54) is 5.56 Å². The molecule has 2 aromatic heterocycles. The van der Waals surface area contributed by atoms with E-state index >= 15 is 0 Å². The van der Waals surface area contributed by atoms with Gasteiger partial charge in [0.05, 0.1) is 37.3 Å². The zero-order chi connectivity index (χ0) is 23.9. The van der Waals surface area contributed by atoms with Crippen molar-refractivity contribution in [3.8, 4) is 34.3 Å². The van der Waals surface area contributed by atoms with Crippen molar-refractivity contribution >= 4 is 16.7 Å². The van der Waals surface area contributed by atoms with Crippen LogP contribution in [0.2, 0.25) is 0 Å². The lowest BCUT2D eigenvalue weighted by Gasteiger charge is -2.21. The van der Waals surface area contributed by atoms with Crippen LogP contribution >= 0.6 is 0 Å². The van der Waals surface area contributed by atoms with Crippen LogP contribution in [0.5, 0.6) is 23.0 Å². The molecule has 4 heterocycles. The van der Waals surface area contributed by atoms with Gasteiger partial charge >= 0.3 is 0 Å². The fraction of sp³-hybridized carbons (Fsp3) is 0.222. The van der Waals surface area contributed by atoms with Gasteiger partial charge in [0.15, 0.2) is 35.7 Å². The van der Waals surface area contributed by atoms with Gasteiger partial charge < -0.3 is 24.3 Å². The van der Waals surface area contributed by atoms with Gasteiger partial charge in [-0.3, -0.25) is 9.78 Å². The first-order valence-corrected chi connectivity index (χ1v) is 11.4. The number of rotatable bonds is 5. The van der Waals surface area contributed by atoms with E-state index in [1.54, 1.807) is 38.7 Å². The Morgan fingerprint density at radius 2 is 1.86 bits per heavy atom. The number of amides is 1. The molecule has 2 aliphatic rings. The van der Waals surface area contributed by atoms with Gasteiger partial charge in [0.2, 0.25) is 12.5 Å². The molecule has 4 aromatic rings. The number of hydrogen-bond donors (Lipinski definition) is 1. The van der Waals surface area contributed by atoms with Crippen LogP contribution < -0.4 is 28.8 Å². The van der Waals surface area contributed by atoms with E-state index in [9.17, 15) is 4.79 Å². The van der Waals surface area contributed by atoms with Crippen LogP contribution in [0.3, 0.4) is 0 Å². The molecule has 0 unspecified atom stereocenters. The number of fused-ring (bicyclic) bond motifs is 5. The Morgan fingerprint density at radius 3 is 2.63 bits per heavy atom. The van der Waals surface area contributed by atoms with E-state index in [2.05, 4.69) is 27.1 Å². The second-order valence-corrected chi connectivity index (χ2v) is 8.44. The molecule has 8 heteroatoms. The van der Waals surface area contributed by atoms with Crippen molar-refractivity contribution in [2.24, 2.45) is 0 Å². The van der Waals surface area contributed by atoms with Crippen LogP contribution in [0.1, 0.15) is 21.5 Å². The Balaban J connectivity index is 1.54. The largest absolute Gasteiger partial charge is 0.493 e. The molecule has 0 radical (unpaired) electrons. The zero-order valence-electron chi connectivity index (χ0n) is 19.5. The first kappa shape index (κ1) is 21.2. The molecule has 0 aliphatic carbocycles. The van der Waals surface area contributed by atoms with Gasteiger partial charge in [-0.25, -0.2) is 0 Å². The third-order valence-electron chi connectivity index (χ3n) is 6.61. The highest BCUT2D eigenvalue weighted by Crippen LogP contribution is 2.43. The summed E-state index contributed by atoms with van der Waals surface area (Å²) in [6.45, 7) is 1.34. The molecule has 1 N–H and O–H groups in total. The second kappa shape index (κ2) is 8.47. The predicted octanol–water partition coefficient (Wildman–Crippen LogP) is 3.42. The normalized spacial score (nSPS) is 13.2. The highest BCUT2D eigenvalue weighted by Gasteiger charge is 2.32. The number of aromatic nitrogens is 2. The Hall–Kier alpha value is -4.33. The fourth-order valence-electron chi connectivity index (χ4n) is 4.96. The van der Waals surface area contributed by atoms with Gasteiger partial charge in [0.1, 0.15) is 0 Å². The average Bonchev–Trinajstić information content (AvgIpc) is 3.36. The molecule has 0 atom stereocenters. The Bertz CT molecular complexity index is 1470. The van der Waals surface area contributed by atoms with E-state index in [4.69, 9.17) is 18.9 Å². The number of nitrogens with zero attached hydrogens (tertiary/aromatic N) is 2. The molecule has 1 amide bonds. The number of ether oxygens (including phenoxy) is 4. The van der Waals surface area contributed by atoms with Crippen LogP contribution in [-0.2, 0) is 19.5 Å². The fourth-order valence-corrected chi connectivity index (χ4v) is 4.96. The summed E-state index contributed by atoms with van der Waals surface area (Å²) in [6, 6.07) is 11.4. The molecular formula is C27H24N3O5+. The first-order chi connectivity index (χ1) is 17.2. The van der Waals surface area contributed by atoms with Gasteiger partial charge in [0, 0.05) is 29.8 Å². The van der Waals surface area contributed by atoms with Crippen molar-refractivity contribution in [1.29, 1.82) is 0 Å². The summed E-state index contributed by atoms with van der Waals surface area (Å²) in [7, 11) is 3.27. The number of carbonyl (C=O) groups is 1. The lowest BCUT2D eigenvalue weighted by Crippen LogP contribution is -2.42. The van der Waals surface area contributed by atoms with Crippen molar-refractivity contribution in [3.05, 3.63) is 71.7 Å². The van der Waals surface area contributed by atoms with E-state index in [0.717, 1.165) is 52.1 Å². The SMILES string of the molecule is COc1ccc2c(CNC(=O)c3ccncc3)c3[n+](cc2c1OC)CCc1cc2c(cc1-3)OCO2. The average molecular weight is 471 g/mol. The summed E-state index contributed by atoms with van der Waals surface area (Å²) in [5.74, 6) is 2.67. The minimum atomic E-state index is -0.162. The van der Waals surface area contributed by atoms with E-state index in [0.29, 0.717) is 23.6 Å². The maximum absolute atomic E-state index is 12.9. The molecule has 2 aromatic carbocycles. The topological polar surface area (TPSA) is 82.8 Å². The van der Waals surface area contributed by atoms with Crippen LogP contribution in [0.25, 0.3) is 22.0 Å².